The third-order valence-corrected chi connectivity index (χ3v) is 4.68. The Hall–Kier alpha value is -1.72. The molecular formula is C17H23N3OS. The van der Waals surface area contributed by atoms with Crippen molar-refractivity contribution in [2.45, 2.75) is 26.7 Å². The zero-order chi connectivity index (χ0) is 16.1. The molecule has 2 aromatic rings. The lowest BCUT2D eigenvalue weighted by Gasteiger charge is -2.09. The fourth-order valence-electron chi connectivity index (χ4n) is 2.21. The van der Waals surface area contributed by atoms with Gasteiger partial charge in [0, 0.05) is 22.9 Å². The fourth-order valence-corrected chi connectivity index (χ4v) is 3.20. The summed E-state index contributed by atoms with van der Waals surface area (Å²) < 4.78 is 0. The van der Waals surface area contributed by atoms with Crippen LogP contribution in [-0.2, 0) is 4.79 Å². The monoisotopic (exact) mass is 317 g/mol. The standard InChI is InChI=1S/C17H23N3OS/c1-11(2)15-14(13-8-6-5-7-9-13)19-17(22-15)20-16(21)12(3)10-18-4/h5-9,11-12,18H,10H2,1-4H3,(H,19,20,21). The van der Waals surface area contributed by atoms with E-state index in [-0.39, 0.29) is 11.8 Å². The van der Waals surface area contributed by atoms with Gasteiger partial charge in [-0.3, -0.25) is 4.79 Å². The molecule has 0 aliphatic heterocycles. The molecule has 0 saturated carbocycles. The van der Waals surface area contributed by atoms with Crippen molar-refractivity contribution in [3.8, 4) is 11.3 Å². The van der Waals surface area contributed by atoms with Crippen LogP contribution >= 0.6 is 11.3 Å². The van der Waals surface area contributed by atoms with Crippen molar-refractivity contribution in [2.75, 3.05) is 18.9 Å². The van der Waals surface area contributed by atoms with E-state index < -0.39 is 0 Å². The van der Waals surface area contributed by atoms with E-state index in [9.17, 15) is 4.79 Å². The van der Waals surface area contributed by atoms with Crippen LogP contribution in [0, 0.1) is 5.92 Å². The first-order valence-electron chi connectivity index (χ1n) is 7.54. The number of carbonyl (C=O) groups is 1. The molecule has 0 bridgehead atoms. The molecule has 1 atom stereocenters. The van der Waals surface area contributed by atoms with Gasteiger partial charge in [0.2, 0.25) is 5.91 Å². The number of hydrogen-bond acceptors (Lipinski definition) is 4. The molecule has 1 heterocycles. The Morgan fingerprint density at radius 1 is 1.23 bits per heavy atom. The molecule has 2 rings (SSSR count). The van der Waals surface area contributed by atoms with Gasteiger partial charge in [0.1, 0.15) is 0 Å². The Morgan fingerprint density at radius 2 is 1.91 bits per heavy atom. The highest BCUT2D eigenvalue weighted by Crippen LogP contribution is 2.36. The van der Waals surface area contributed by atoms with Gasteiger partial charge < -0.3 is 10.6 Å². The predicted octanol–water partition coefficient (Wildman–Crippen LogP) is 3.73. The summed E-state index contributed by atoms with van der Waals surface area (Å²) in [5.74, 6) is 0.280. The molecule has 4 nitrogen and oxygen atoms in total. The van der Waals surface area contributed by atoms with Crippen LogP contribution < -0.4 is 10.6 Å². The maximum absolute atomic E-state index is 12.1. The van der Waals surface area contributed by atoms with Crippen LogP contribution in [-0.4, -0.2) is 24.5 Å². The van der Waals surface area contributed by atoms with Crippen LogP contribution in [0.5, 0.6) is 0 Å². The Morgan fingerprint density at radius 3 is 2.50 bits per heavy atom. The predicted molar refractivity (Wildman–Crippen MR) is 93.4 cm³/mol. The fraction of sp³-hybridized carbons (Fsp3) is 0.412. The smallest absolute Gasteiger partial charge is 0.230 e. The van der Waals surface area contributed by atoms with Gasteiger partial charge in [-0.2, -0.15) is 0 Å². The number of hydrogen-bond donors (Lipinski definition) is 2. The van der Waals surface area contributed by atoms with Crippen molar-refractivity contribution in [3.63, 3.8) is 0 Å². The third kappa shape index (κ3) is 3.93. The molecule has 1 unspecified atom stereocenters. The molecule has 0 aliphatic carbocycles. The average molecular weight is 317 g/mol. The SMILES string of the molecule is CNCC(C)C(=O)Nc1nc(-c2ccccc2)c(C(C)C)s1. The summed E-state index contributed by atoms with van der Waals surface area (Å²) in [6, 6.07) is 10.1. The number of amides is 1. The number of rotatable bonds is 6. The van der Waals surface area contributed by atoms with Crippen LogP contribution in [0.3, 0.4) is 0 Å². The van der Waals surface area contributed by atoms with Gasteiger partial charge in [-0.15, -0.1) is 11.3 Å². The van der Waals surface area contributed by atoms with E-state index in [2.05, 4.69) is 41.6 Å². The summed E-state index contributed by atoms with van der Waals surface area (Å²) in [6.07, 6.45) is 0. The molecule has 0 radical (unpaired) electrons. The zero-order valence-electron chi connectivity index (χ0n) is 13.5. The van der Waals surface area contributed by atoms with Crippen LogP contribution in [0.4, 0.5) is 5.13 Å². The maximum atomic E-state index is 12.1. The largest absolute Gasteiger partial charge is 0.319 e. The number of nitrogens with one attached hydrogen (secondary N) is 2. The maximum Gasteiger partial charge on any atom is 0.230 e. The molecule has 1 amide bonds. The zero-order valence-corrected chi connectivity index (χ0v) is 14.3. The van der Waals surface area contributed by atoms with Crippen molar-refractivity contribution in [3.05, 3.63) is 35.2 Å². The number of carbonyl (C=O) groups excluding carboxylic acids is 1. The molecular weight excluding hydrogens is 294 g/mol. The minimum Gasteiger partial charge on any atom is -0.319 e. The average Bonchev–Trinajstić information content (AvgIpc) is 2.92. The molecule has 0 aliphatic rings. The van der Waals surface area contributed by atoms with E-state index in [0.29, 0.717) is 17.6 Å². The normalized spacial score (nSPS) is 12.4. The first kappa shape index (κ1) is 16.6. The van der Waals surface area contributed by atoms with Crippen LogP contribution in [0.15, 0.2) is 30.3 Å². The minimum absolute atomic E-state index is 0.00184. The Bertz CT molecular complexity index is 622. The van der Waals surface area contributed by atoms with Gasteiger partial charge in [0.25, 0.3) is 0 Å². The Labute approximate surface area is 136 Å². The molecule has 5 heteroatoms. The number of thiazole rings is 1. The minimum atomic E-state index is -0.0865. The molecule has 0 saturated heterocycles. The van der Waals surface area contributed by atoms with Crippen molar-refractivity contribution >= 4 is 22.4 Å². The van der Waals surface area contributed by atoms with E-state index >= 15 is 0 Å². The summed E-state index contributed by atoms with van der Waals surface area (Å²) in [4.78, 5) is 18.0. The molecule has 118 valence electrons. The Balaban J connectivity index is 2.26. The molecule has 1 aromatic carbocycles. The molecule has 0 fully saturated rings. The first-order chi connectivity index (χ1) is 10.5. The number of aromatic nitrogens is 1. The quantitative estimate of drug-likeness (QED) is 0.853. The van der Waals surface area contributed by atoms with Crippen molar-refractivity contribution in [1.82, 2.24) is 10.3 Å². The second kappa shape index (κ2) is 7.51. The van der Waals surface area contributed by atoms with E-state index in [4.69, 9.17) is 0 Å². The molecule has 22 heavy (non-hydrogen) atoms. The van der Waals surface area contributed by atoms with E-state index in [0.717, 1.165) is 11.3 Å². The van der Waals surface area contributed by atoms with Crippen molar-refractivity contribution < 1.29 is 4.79 Å². The summed E-state index contributed by atoms with van der Waals surface area (Å²) in [5.41, 5.74) is 2.06. The summed E-state index contributed by atoms with van der Waals surface area (Å²) >= 11 is 1.56. The third-order valence-electron chi connectivity index (χ3n) is 3.41. The van der Waals surface area contributed by atoms with E-state index in [1.165, 1.54) is 4.88 Å². The lowest BCUT2D eigenvalue weighted by Crippen LogP contribution is -2.28. The van der Waals surface area contributed by atoms with Gasteiger partial charge in [-0.05, 0) is 13.0 Å². The number of anilines is 1. The highest BCUT2D eigenvalue weighted by Gasteiger charge is 2.19. The summed E-state index contributed by atoms with van der Waals surface area (Å²) in [5, 5.41) is 6.63. The molecule has 1 aromatic heterocycles. The summed E-state index contributed by atoms with van der Waals surface area (Å²) in [6.45, 7) is 6.85. The van der Waals surface area contributed by atoms with Crippen LogP contribution in [0.2, 0.25) is 0 Å². The van der Waals surface area contributed by atoms with E-state index in [1.54, 1.807) is 11.3 Å². The molecule has 2 N–H and O–H groups in total. The van der Waals surface area contributed by atoms with Gasteiger partial charge in [-0.25, -0.2) is 4.98 Å². The first-order valence-corrected chi connectivity index (χ1v) is 8.36. The lowest BCUT2D eigenvalue weighted by atomic mass is 10.1. The van der Waals surface area contributed by atoms with Gasteiger partial charge in [-0.1, -0.05) is 51.1 Å². The highest BCUT2D eigenvalue weighted by atomic mass is 32.1. The lowest BCUT2D eigenvalue weighted by molar-refractivity contribution is -0.119. The number of benzene rings is 1. The number of nitrogens with zero attached hydrogens (tertiary/aromatic N) is 1. The second-order valence-corrected chi connectivity index (χ2v) is 6.73. The van der Waals surface area contributed by atoms with Gasteiger partial charge >= 0.3 is 0 Å². The molecule has 0 spiro atoms. The second-order valence-electron chi connectivity index (χ2n) is 5.70. The Kier molecular flexibility index (Phi) is 5.69. The van der Waals surface area contributed by atoms with Gasteiger partial charge in [0.15, 0.2) is 5.13 Å². The van der Waals surface area contributed by atoms with Gasteiger partial charge in [0.05, 0.1) is 5.69 Å². The van der Waals surface area contributed by atoms with Crippen LogP contribution in [0.1, 0.15) is 31.6 Å². The summed E-state index contributed by atoms with van der Waals surface area (Å²) in [7, 11) is 1.84. The van der Waals surface area contributed by atoms with Crippen LogP contribution in [0.25, 0.3) is 11.3 Å². The topological polar surface area (TPSA) is 54.0 Å². The highest BCUT2D eigenvalue weighted by molar-refractivity contribution is 7.16. The van der Waals surface area contributed by atoms with Crippen molar-refractivity contribution in [1.29, 1.82) is 0 Å². The van der Waals surface area contributed by atoms with E-state index in [1.807, 2.05) is 32.2 Å². The van der Waals surface area contributed by atoms with Crippen molar-refractivity contribution in [2.24, 2.45) is 5.92 Å².